The van der Waals surface area contributed by atoms with Gasteiger partial charge in [0.2, 0.25) is 0 Å². The molecule has 0 heterocycles. The van der Waals surface area contributed by atoms with Crippen molar-refractivity contribution in [3.05, 3.63) is 28.3 Å². The Morgan fingerprint density at radius 1 is 1.24 bits per heavy atom. The maximum Gasteiger partial charge on any atom is 0.296 e. The van der Waals surface area contributed by atoms with Gasteiger partial charge in [0.05, 0.1) is 44.5 Å². The molecular weight excluding hydrogens is 278 g/mol. The number of nitrogens with two attached hydrogens (primary N) is 1. The number of nitrogens with one attached hydrogen (secondary N) is 1. The van der Waals surface area contributed by atoms with E-state index in [0.717, 1.165) is 0 Å². The predicted molar refractivity (Wildman–Crippen MR) is 78.8 cm³/mol. The van der Waals surface area contributed by atoms with Crippen LogP contribution in [0.25, 0.3) is 0 Å². The summed E-state index contributed by atoms with van der Waals surface area (Å²) in [6.45, 7) is 2.84. The average molecular weight is 299 g/mol. The number of rotatable bonds is 11. The van der Waals surface area contributed by atoms with Gasteiger partial charge in [0.15, 0.2) is 0 Å². The highest BCUT2D eigenvalue weighted by Gasteiger charge is 2.14. The second kappa shape index (κ2) is 9.92. The van der Waals surface area contributed by atoms with Crippen LogP contribution in [0.1, 0.15) is 0 Å². The van der Waals surface area contributed by atoms with E-state index >= 15 is 0 Å². The molecule has 118 valence electrons. The smallest absolute Gasteiger partial charge is 0.296 e. The number of ether oxygens (including phenoxy) is 3. The molecule has 1 aromatic rings. The number of nitro benzene ring substituents is 1. The van der Waals surface area contributed by atoms with Crippen LogP contribution in [-0.4, -0.2) is 51.6 Å². The van der Waals surface area contributed by atoms with Gasteiger partial charge in [-0.05, 0) is 12.1 Å². The summed E-state index contributed by atoms with van der Waals surface area (Å²) in [5.41, 5.74) is 5.68. The maximum atomic E-state index is 11.0. The molecule has 1 aromatic carbocycles. The van der Waals surface area contributed by atoms with Gasteiger partial charge in [0.25, 0.3) is 5.69 Å². The Hall–Kier alpha value is -1.90. The van der Waals surface area contributed by atoms with E-state index in [1.807, 2.05) is 0 Å². The van der Waals surface area contributed by atoms with Crippen molar-refractivity contribution in [3.8, 4) is 5.75 Å². The van der Waals surface area contributed by atoms with E-state index in [2.05, 4.69) is 5.32 Å². The standard InChI is InChI=1S/C13H21N3O5/c1-19-11-2-3-12(13(10-11)16(17)18)15-5-7-21-9-8-20-6-4-14/h2-3,10,15H,4-9,14H2,1H3. The van der Waals surface area contributed by atoms with Gasteiger partial charge in [-0.1, -0.05) is 0 Å². The van der Waals surface area contributed by atoms with Gasteiger partial charge in [-0.25, -0.2) is 0 Å². The van der Waals surface area contributed by atoms with Gasteiger partial charge in [0.1, 0.15) is 11.4 Å². The van der Waals surface area contributed by atoms with Crippen LogP contribution < -0.4 is 15.8 Å². The van der Waals surface area contributed by atoms with E-state index in [1.54, 1.807) is 12.1 Å². The van der Waals surface area contributed by atoms with Crippen molar-refractivity contribution in [3.63, 3.8) is 0 Å². The first-order chi connectivity index (χ1) is 10.2. The molecule has 3 N–H and O–H groups in total. The average Bonchev–Trinajstić information content (AvgIpc) is 2.49. The molecule has 0 fully saturated rings. The maximum absolute atomic E-state index is 11.0. The zero-order valence-corrected chi connectivity index (χ0v) is 12.0. The molecular formula is C13H21N3O5. The molecule has 0 atom stereocenters. The van der Waals surface area contributed by atoms with E-state index in [-0.39, 0.29) is 5.69 Å². The largest absolute Gasteiger partial charge is 0.496 e. The SMILES string of the molecule is COc1ccc(NCCOCCOCCN)c([N+](=O)[O-])c1. The minimum Gasteiger partial charge on any atom is -0.496 e. The summed E-state index contributed by atoms with van der Waals surface area (Å²) >= 11 is 0. The Morgan fingerprint density at radius 3 is 2.57 bits per heavy atom. The third-order valence-electron chi connectivity index (χ3n) is 2.60. The molecule has 1 rings (SSSR count). The lowest BCUT2D eigenvalue weighted by atomic mass is 10.2. The lowest BCUT2D eigenvalue weighted by Gasteiger charge is -2.09. The molecule has 8 heteroatoms. The summed E-state index contributed by atoms with van der Waals surface area (Å²) in [5.74, 6) is 0.445. The van der Waals surface area contributed by atoms with Crippen molar-refractivity contribution >= 4 is 11.4 Å². The summed E-state index contributed by atoms with van der Waals surface area (Å²) < 4.78 is 15.4. The molecule has 0 saturated heterocycles. The van der Waals surface area contributed by atoms with E-state index in [1.165, 1.54) is 13.2 Å². The minimum atomic E-state index is -0.452. The molecule has 0 aromatic heterocycles. The first kappa shape index (κ1) is 17.2. The quantitative estimate of drug-likeness (QED) is 0.356. The molecule has 0 spiro atoms. The molecule has 0 amide bonds. The third kappa shape index (κ3) is 6.39. The fraction of sp³-hybridized carbons (Fsp3) is 0.538. The van der Waals surface area contributed by atoms with E-state index in [9.17, 15) is 10.1 Å². The van der Waals surface area contributed by atoms with Crippen LogP contribution in [-0.2, 0) is 9.47 Å². The number of nitrogens with zero attached hydrogens (tertiary/aromatic N) is 1. The molecule has 0 radical (unpaired) electrons. The van der Waals surface area contributed by atoms with Crippen molar-refractivity contribution < 1.29 is 19.1 Å². The Kier molecular flexibility index (Phi) is 8.10. The van der Waals surface area contributed by atoms with Crippen LogP contribution in [0.2, 0.25) is 0 Å². The van der Waals surface area contributed by atoms with E-state index in [0.29, 0.717) is 51.0 Å². The molecule has 21 heavy (non-hydrogen) atoms. The first-order valence-corrected chi connectivity index (χ1v) is 6.61. The van der Waals surface area contributed by atoms with Crippen LogP contribution >= 0.6 is 0 Å². The normalized spacial score (nSPS) is 10.4. The first-order valence-electron chi connectivity index (χ1n) is 6.61. The highest BCUT2D eigenvalue weighted by Crippen LogP contribution is 2.28. The fourth-order valence-corrected chi connectivity index (χ4v) is 1.60. The molecule has 0 unspecified atom stereocenters. The Bertz CT molecular complexity index is 442. The second-order valence-electron chi connectivity index (χ2n) is 4.08. The Labute approximate surface area is 123 Å². The van der Waals surface area contributed by atoms with Crippen LogP contribution in [0, 0.1) is 10.1 Å². The summed E-state index contributed by atoms with van der Waals surface area (Å²) in [6, 6.07) is 4.65. The van der Waals surface area contributed by atoms with Crippen molar-refractivity contribution in [1.29, 1.82) is 0 Å². The zero-order chi connectivity index (χ0) is 15.5. The molecule has 0 aliphatic carbocycles. The predicted octanol–water partition coefficient (Wildman–Crippen LogP) is 1.01. The third-order valence-corrected chi connectivity index (χ3v) is 2.60. The van der Waals surface area contributed by atoms with Crippen molar-refractivity contribution in [2.45, 2.75) is 0 Å². The zero-order valence-electron chi connectivity index (χ0n) is 12.0. The Balaban J connectivity index is 2.33. The molecule has 0 saturated carbocycles. The summed E-state index contributed by atoms with van der Waals surface area (Å²) in [6.07, 6.45) is 0. The van der Waals surface area contributed by atoms with Crippen LogP contribution in [0.5, 0.6) is 5.75 Å². The van der Waals surface area contributed by atoms with Gasteiger partial charge in [0, 0.05) is 13.1 Å². The molecule has 0 bridgehead atoms. The number of hydrogen-bond acceptors (Lipinski definition) is 7. The van der Waals surface area contributed by atoms with Gasteiger partial charge < -0.3 is 25.3 Å². The van der Waals surface area contributed by atoms with Crippen LogP contribution in [0.15, 0.2) is 18.2 Å². The van der Waals surface area contributed by atoms with Crippen molar-refractivity contribution in [2.75, 3.05) is 51.9 Å². The molecule has 8 nitrogen and oxygen atoms in total. The molecule has 0 aliphatic heterocycles. The van der Waals surface area contributed by atoms with E-state index < -0.39 is 4.92 Å². The van der Waals surface area contributed by atoms with Crippen LogP contribution in [0.4, 0.5) is 11.4 Å². The topological polar surface area (TPSA) is 109 Å². The van der Waals surface area contributed by atoms with Crippen LogP contribution in [0.3, 0.4) is 0 Å². The number of nitro groups is 1. The van der Waals surface area contributed by atoms with Crippen molar-refractivity contribution in [2.24, 2.45) is 5.73 Å². The highest BCUT2D eigenvalue weighted by atomic mass is 16.6. The van der Waals surface area contributed by atoms with Gasteiger partial charge >= 0.3 is 0 Å². The minimum absolute atomic E-state index is 0.0272. The highest BCUT2D eigenvalue weighted by molar-refractivity contribution is 5.63. The summed E-state index contributed by atoms with van der Waals surface area (Å²) in [5, 5.41) is 13.9. The lowest BCUT2D eigenvalue weighted by Crippen LogP contribution is -2.15. The summed E-state index contributed by atoms with van der Waals surface area (Å²) in [4.78, 5) is 10.5. The van der Waals surface area contributed by atoms with Gasteiger partial charge in [-0.15, -0.1) is 0 Å². The number of hydrogen-bond donors (Lipinski definition) is 2. The summed E-state index contributed by atoms with van der Waals surface area (Å²) in [7, 11) is 1.47. The fourth-order valence-electron chi connectivity index (χ4n) is 1.60. The van der Waals surface area contributed by atoms with Crippen molar-refractivity contribution in [1.82, 2.24) is 0 Å². The lowest BCUT2D eigenvalue weighted by molar-refractivity contribution is -0.384. The number of methoxy groups -OCH3 is 1. The number of benzene rings is 1. The monoisotopic (exact) mass is 299 g/mol. The van der Waals surface area contributed by atoms with Gasteiger partial charge in [-0.3, -0.25) is 10.1 Å². The Morgan fingerprint density at radius 2 is 1.95 bits per heavy atom. The second-order valence-corrected chi connectivity index (χ2v) is 4.08. The van der Waals surface area contributed by atoms with Gasteiger partial charge in [-0.2, -0.15) is 0 Å². The number of anilines is 1. The van der Waals surface area contributed by atoms with E-state index in [4.69, 9.17) is 19.9 Å². The molecule has 0 aliphatic rings.